The van der Waals surface area contributed by atoms with Crippen LogP contribution in [0.4, 0.5) is 0 Å². The third-order valence-corrected chi connectivity index (χ3v) is 6.55. The Labute approximate surface area is 284 Å². The summed E-state index contributed by atoms with van der Waals surface area (Å²) in [5.41, 5.74) is 4.63. The standard InChI is InChI=1S/C18H30N3O5.C7H14O2.3C2H6.CH4O.Pb/c1-13(14(2)26-17(25)9-19)7-5-6-8-15(23)20-10-16(24)21-11-18(3,4)12-22;1-6(2)4-7(5-8)9-3;4*1-2;/h6,8,12-14H,2,5,7,9-11,19H2,1,3-4H3,(H,20,23)(H,21,24);5-7H,4H2,1-3H3;3*1-2H3;2H,1H3;/b8-6+;;;;;;. The van der Waals surface area contributed by atoms with Crippen LogP contribution in [0.3, 0.4) is 0 Å². The summed E-state index contributed by atoms with van der Waals surface area (Å²) >= 11 is 0.923. The molecule has 0 spiro atoms. The molecular weight excluding hydrogens is 762 g/mol. The number of hydrogen-bond acceptors (Lipinski definition) is 9. The van der Waals surface area contributed by atoms with Crippen molar-refractivity contribution in [1.82, 2.24) is 10.6 Å². The van der Waals surface area contributed by atoms with Gasteiger partial charge in [0.1, 0.15) is 18.7 Å². The molecule has 0 saturated carbocycles. The number of aliphatic hydroxyl groups is 1. The first-order valence-corrected chi connectivity index (χ1v) is 18.2. The van der Waals surface area contributed by atoms with Crippen LogP contribution < -0.4 is 16.4 Å². The van der Waals surface area contributed by atoms with Crippen LogP contribution in [0.1, 0.15) is 95.4 Å². The second kappa shape index (κ2) is 41.3. The number of amides is 2. The monoisotopic (exact) mass is 828 g/mol. The number of carbonyl (C=O) groups excluding carboxylic acids is 5. The molecule has 0 saturated heterocycles. The van der Waals surface area contributed by atoms with Crippen molar-refractivity contribution in [2.45, 2.75) is 112 Å². The van der Waals surface area contributed by atoms with Crippen molar-refractivity contribution in [3.63, 3.8) is 0 Å². The van der Waals surface area contributed by atoms with Crippen LogP contribution in [0.15, 0.2) is 12.2 Å². The SMILES string of the molecule is CC.CC.CC.CC(CC/C=C/C(=O)NCC(=O)NCC(C)(C)C=O)C([CH2][Pb])OC(=O)CN.CO.COC(C=O)CC(C)C. The van der Waals surface area contributed by atoms with Crippen LogP contribution in [-0.4, -0.2) is 107 Å². The van der Waals surface area contributed by atoms with Crippen LogP contribution in [0.25, 0.3) is 0 Å². The van der Waals surface area contributed by atoms with Gasteiger partial charge in [0.2, 0.25) is 0 Å². The Morgan fingerprint density at radius 3 is 1.86 bits per heavy atom. The van der Waals surface area contributed by atoms with E-state index in [2.05, 4.69) is 24.5 Å². The van der Waals surface area contributed by atoms with Crippen LogP contribution in [0.5, 0.6) is 0 Å². The number of nitrogens with one attached hydrogen (secondary N) is 2. The Morgan fingerprint density at radius 1 is 0.977 bits per heavy atom. The van der Waals surface area contributed by atoms with Crippen molar-refractivity contribution in [3.8, 4) is 0 Å². The van der Waals surface area contributed by atoms with Crippen molar-refractivity contribution in [1.29, 1.82) is 0 Å². The molecule has 3 radical (unpaired) electrons. The van der Waals surface area contributed by atoms with E-state index in [1.54, 1.807) is 27.0 Å². The van der Waals surface area contributed by atoms with Crippen LogP contribution >= 0.6 is 0 Å². The molecule has 0 aliphatic heterocycles. The second-order valence-corrected chi connectivity index (χ2v) is 11.1. The molecule has 11 nitrogen and oxygen atoms in total. The van der Waals surface area contributed by atoms with Crippen molar-refractivity contribution < 1.29 is 38.6 Å². The molecule has 0 aromatic rings. The van der Waals surface area contributed by atoms with Crippen molar-refractivity contribution in [2.75, 3.05) is 33.9 Å². The quantitative estimate of drug-likeness (QED) is 0.0737. The Hall–Kier alpha value is -1.71. The predicted molar refractivity (Wildman–Crippen MR) is 181 cm³/mol. The molecule has 5 N–H and O–H groups in total. The summed E-state index contributed by atoms with van der Waals surface area (Å²) in [6, 6.07) is 0. The average Bonchev–Trinajstić information content (AvgIpc) is 3.06. The molecule has 261 valence electrons. The topological polar surface area (TPSA) is 174 Å². The summed E-state index contributed by atoms with van der Waals surface area (Å²) < 4.78 is 11.0. The molecular formula is C32H66N3O8Pb. The summed E-state index contributed by atoms with van der Waals surface area (Å²) in [6.45, 7) is 21.5. The summed E-state index contributed by atoms with van der Waals surface area (Å²) in [7, 11) is 2.56. The van der Waals surface area contributed by atoms with E-state index in [1.807, 2.05) is 48.5 Å². The van der Waals surface area contributed by atoms with Crippen LogP contribution in [-0.2, 0) is 33.4 Å². The number of ether oxygens (including phenoxy) is 2. The van der Waals surface area contributed by atoms with Gasteiger partial charge < -0.3 is 19.4 Å². The fourth-order valence-electron chi connectivity index (χ4n) is 2.64. The number of aldehydes is 2. The largest absolute Gasteiger partial charge is 0.400 e. The van der Waals surface area contributed by atoms with Gasteiger partial charge in [0.05, 0.1) is 0 Å². The zero-order valence-corrected chi connectivity index (χ0v) is 33.8. The van der Waals surface area contributed by atoms with Gasteiger partial charge in [-0.2, -0.15) is 0 Å². The molecule has 0 aromatic carbocycles. The molecule has 0 aliphatic carbocycles. The van der Waals surface area contributed by atoms with E-state index in [4.69, 9.17) is 20.3 Å². The third kappa shape index (κ3) is 40.3. The van der Waals surface area contributed by atoms with Gasteiger partial charge >= 0.3 is 140 Å². The van der Waals surface area contributed by atoms with Gasteiger partial charge in [-0.25, -0.2) is 0 Å². The molecule has 0 heterocycles. The number of hydrogen-bond donors (Lipinski definition) is 4. The number of carbonyl (C=O) groups is 5. The van der Waals surface area contributed by atoms with E-state index in [0.717, 1.165) is 62.3 Å². The van der Waals surface area contributed by atoms with Gasteiger partial charge in [-0.1, -0.05) is 69.2 Å². The number of esters is 1. The molecule has 2 amide bonds. The first-order chi connectivity index (χ1) is 20.8. The molecule has 0 fully saturated rings. The normalized spacial score (nSPS) is 11.8. The Kier molecular flexibility index (Phi) is 51.4. The molecule has 44 heavy (non-hydrogen) atoms. The van der Waals surface area contributed by atoms with Crippen LogP contribution in [0, 0.1) is 17.3 Å². The fourth-order valence-corrected chi connectivity index (χ4v) is 4.53. The summed E-state index contributed by atoms with van der Waals surface area (Å²) in [5.74, 6) is -0.399. The molecule has 3 atom stereocenters. The number of aliphatic hydroxyl groups excluding tert-OH is 1. The van der Waals surface area contributed by atoms with Gasteiger partial charge in [-0.15, -0.1) is 0 Å². The smallest absolute Gasteiger partial charge is 0.148 e. The Balaban J connectivity index is -0.000000176. The number of rotatable bonds is 17. The molecule has 0 aromatic heterocycles. The Bertz CT molecular complexity index is 705. The molecule has 3 unspecified atom stereocenters. The summed E-state index contributed by atoms with van der Waals surface area (Å²) in [4.78, 5) is 55.6. The predicted octanol–water partition coefficient (Wildman–Crippen LogP) is 3.81. The first kappa shape index (κ1) is 54.7. The van der Waals surface area contributed by atoms with E-state index >= 15 is 0 Å². The van der Waals surface area contributed by atoms with E-state index in [-0.39, 0.29) is 49.6 Å². The third-order valence-electron chi connectivity index (χ3n) is 4.98. The Morgan fingerprint density at radius 2 is 1.50 bits per heavy atom. The fraction of sp³-hybridized carbons (Fsp3) is 0.781. The van der Waals surface area contributed by atoms with Crippen molar-refractivity contribution in [2.24, 2.45) is 23.0 Å². The maximum atomic E-state index is 11.7. The van der Waals surface area contributed by atoms with Crippen molar-refractivity contribution in [3.05, 3.63) is 12.2 Å². The van der Waals surface area contributed by atoms with Gasteiger partial charge in [-0.05, 0) is 12.3 Å². The minimum absolute atomic E-state index is 0.120. The van der Waals surface area contributed by atoms with E-state index in [1.165, 1.54) is 6.08 Å². The summed E-state index contributed by atoms with van der Waals surface area (Å²) in [6.07, 6.45) is 6.66. The van der Waals surface area contributed by atoms with Gasteiger partial charge in [0.25, 0.3) is 0 Å². The number of methoxy groups -OCH3 is 1. The van der Waals surface area contributed by atoms with E-state index < -0.39 is 11.4 Å². The van der Waals surface area contributed by atoms with E-state index in [0.29, 0.717) is 12.3 Å². The average molecular weight is 828 g/mol. The number of nitrogens with two attached hydrogens (primary N) is 1. The molecule has 0 aliphatic rings. The maximum absolute atomic E-state index is 11.7. The molecule has 12 heteroatoms. The zero-order chi connectivity index (χ0) is 36.1. The zero-order valence-electron chi connectivity index (χ0n) is 30.0. The molecule has 0 bridgehead atoms. The van der Waals surface area contributed by atoms with Crippen molar-refractivity contribution >= 4 is 56.1 Å². The van der Waals surface area contributed by atoms with Gasteiger partial charge in [-0.3, -0.25) is 0 Å². The number of allylic oxidation sites excluding steroid dienone is 1. The van der Waals surface area contributed by atoms with Crippen LogP contribution in [0.2, 0.25) is 3.98 Å². The van der Waals surface area contributed by atoms with Gasteiger partial charge in [0, 0.05) is 26.2 Å². The second-order valence-electron chi connectivity index (χ2n) is 9.53. The maximum Gasteiger partial charge on any atom is 0.148 e. The molecule has 0 rings (SSSR count). The first-order valence-electron chi connectivity index (χ1n) is 15.5. The minimum atomic E-state index is -0.631. The van der Waals surface area contributed by atoms with E-state index in [9.17, 15) is 24.0 Å². The minimum Gasteiger partial charge on any atom is -0.400 e. The summed E-state index contributed by atoms with van der Waals surface area (Å²) in [5, 5.41) is 12.1. The van der Waals surface area contributed by atoms with Gasteiger partial charge in [0.15, 0.2) is 0 Å².